The van der Waals surface area contributed by atoms with Crippen LogP contribution in [-0.4, -0.2) is 34.3 Å². The third-order valence-corrected chi connectivity index (χ3v) is 8.25. The number of anilines is 1. The molecule has 2 amide bonds. The van der Waals surface area contributed by atoms with Gasteiger partial charge in [0.15, 0.2) is 0 Å². The number of amides is 2. The van der Waals surface area contributed by atoms with Crippen LogP contribution in [0.3, 0.4) is 0 Å². The Kier molecular flexibility index (Phi) is 6.58. The number of rotatable bonds is 6. The molecule has 1 aromatic heterocycles. The number of carbonyl (C=O) groups is 1. The second kappa shape index (κ2) is 10.0. The number of hydrogen-bond donors (Lipinski definition) is 1. The minimum atomic E-state index is -0.0960. The van der Waals surface area contributed by atoms with E-state index in [1.807, 2.05) is 11.0 Å². The monoisotopic (exact) mass is 536 g/mol. The Hall–Kier alpha value is -3.05. The molecule has 2 saturated heterocycles. The van der Waals surface area contributed by atoms with E-state index >= 15 is 0 Å². The normalized spacial score (nSPS) is 22.6. The van der Waals surface area contributed by atoms with Gasteiger partial charge in [-0.1, -0.05) is 34.4 Å². The van der Waals surface area contributed by atoms with Gasteiger partial charge in [-0.05, 0) is 74.9 Å². The van der Waals surface area contributed by atoms with Crippen LogP contribution >= 0.6 is 23.2 Å². The lowest BCUT2D eigenvalue weighted by molar-refractivity contribution is -0.0158. The molecule has 3 fully saturated rings. The fraction of sp³-hybridized carbons (Fsp3) is 0.393. The topological polar surface area (TPSA) is 91.4 Å². The zero-order chi connectivity index (χ0) is 25.5. The zero-order valence-corrected chi connectivity index (χ0v) is 21.6. The summed E-state index contributed by atoms with van der Waals surface area (Å²) in [4.78, 5) is 15.1. The van der Waals surface area contributed by atoms with Gasteiger partial charge in [-0.3, -0.25) is 0 Å². The second-order valence-corrected chi connectivity index (χ2v) is 10.9. The molecule has 2 aliphatic heterocycles. The lowest BCUT2D eigenvalue weighted by Gasteiger charge is -2.38. The third-order valence-electron chi connectivity index (χ3n) is 7.62. The molecule has 190 valence electrons. The van der Waals surface area contributed by atoms with Crippen molar-refractivity contribution in [3.8, 4) is 17.3 Å². The molecular weight excluding hydrogens is 511 g/mol. The molecule has 3 aliphatic rings. The van der Waals surface area contributed by atoms with Crippen molar-refractivity contribution in [1.29, 1.82) is 5.26 Å². The number of urea groups is 1. The minimum absolute atomic E-state index is 0.0352. The van der Waals surface area contributed by atoms with E-state index in [-0.39, 0.29) is 24.2 Å². The molecule has 0 spiro atoms. The number of piperidine rings is 1. The van der Waals surface area contributed by atoms with Gasteiger partial charge in [-0.15, -0.1) is 0 Å². The van der Waals surface area contributed by atoms with Gasteiger partial charge in [0.1, 0.15) is 11.5 Å². The summed E-state index contributed by atoms with van der Waals surface area (Å²) in [6.45, 7) is 0.369. The number of ether oxygens (including phenoxy) is 1. The highest BCUT2D eigenvalue weighted by Crippen LogP contribution is 2.46. The van der Waals surface area contributed by atoms with Crippen LogP contribution in [0, 0.1) is 11.3 Å². The molecule has 37 heavy (non-hydrogen) atoms. The highest BCUT2D eigenvalue weighted by Gasteiger charge is 2.44. The zero-order valence-electron chi connectivity index (χ0n) is 20.1. The highest BCUT2D eigenvalue weighted by atomic mass is 35.5. The van der Waals surface area contributed by atoms with Gasteiger partial charge in [-0.25, -0.2) is 4.79 Å². The van der Waals surface area contributed by atoms with E-state index in [4.69, 9.17) is 37.7 Å². The molecule has 1 saturated carbocycles. The molecule has 1 N–H and O–H groups in total. The van der Waals surface area contributed by atoms with Crippen LogP contribution in [0.4, 0.5) is 10.5 Å². The van der Waals surface area contributed by atoms with Crippen LogP contribution in [0.1, 0.15) is 61.3 Å². The fourth-order valence-electron chi connectivity index (χ4n) is 5.66. The minimum Gasteiger partial charge on any atom is -0.373 e. The maximum atomic E-state index is 13.1. The van der Waals surface area contributed by atoms with Crippen molar-refractivity contribution in [3.05, 3.63) is 69.4 Å². The van der Waals surface area contributed by atoms with E-state index < -0.39 is 0 Å². The van der Waals surface area contributed by atoms with Gasteiger partial charge in [-0.2, -0.15) is 5.26 Å². The van der Waals surface area contributed by atoms with Gasteiger partial charge in [0.25, 0.3) is 0 Å². The first-order valence-corrected chi connectivity index (χ1v) is 13.4. The van der Waals surface area contributed by atoms with Crippen molar-refractivity contribution < 1.29 is 14.1 Å². The summed E-state index contributed by atoms with van der Waals surface area (Å²) in [6, 6.07) is 14.6. The number of fused-ring (bicyclic) bond motifs is 2. The van der Waals surface area contributed by atoms with E-state index in [1.54, 1.807) is 36.4 Å². The Balaban J connectivity index is 1.14. The standard InChI is InChI=1S/C28H26Cl2N4O3/c29-23-2-1-3-24(30)25(23)26-22(27(37-33-26)17-6-7-17)15-36-21-12-19-10-11-20(13-21)34(19)28(35)32-18-8-4-16(14-31)5-9-18/h1-5,8-9,17,19-21H,6-7,10-13,15H2,(H,32,35). The summed E-state index contributed by atoms with van der Waals surface area (Å²) in [5.41, 5.74) is 3.50. The third kappa shape index (κ3) is 4.82. The van der Waals surface area contributed by atoms with Gasteiger partial charge in [0, 0.05) is 34.8 Å². The summed E-state index contributed by atoms with van der Waals surface area (Å²) < 4.78 is 12.2. The van der Waals surface area contributed by atoms with Crippen LogP contribution in [-0.2, 0) is 11.3 Å². The Labute approximate surface area is 225 Å². The van der Waals surface area contributed by atoms with Crippen LogP contribution in [0.25, 0.3) is 11.3 Å². The van der Waals surface area contributed by atoms with Crippen LogP contribution in [0.15, 0.2) is 47.0 Å². The average Bonchev–Trinajstić information content (AvgIpc) is 3.60. The van der Waals surface area contributed by atoms with Crippen molar-refractivity contribution in [1.82, 2.24) is 10.1 Å². The first-order valence-electron chi connectivity index (χ1n) is 12.7. The number of nitriles is 1. The maximum Gasteiger partial charge on any atom is 0.322 e. The largest absolute Gasteiger partial charge is 0.373 e. The second-order valence-electron chi connectivity index (χ2n) is 10.1. The van der Waals surface area contributed by atoms with Gasteiger partial charge in [0.2, 0.25) is 0 Å². The molecule has 3 aromatic rings. The predicted molar refractivity (Wildman–Crippen MR) is 141 cm³/mol. The summed E-state index contributed by atoms with van der Waals surface area (Å²) >= 11 is 13.0. The number of nitrogens with zero attached hydrogens (tertiary/aromatic N) is 3. The maximum absolute atomic E-state index is 13.1. The summed E-state index contributed by atoms with van der Waals surface area (Å²) in [5.74, 6) is 1.23. The number of nitrogens with one attached hydrogen (secondary N) is 1. The molecule has 3 heterocycles. The van der Waals surface area contributed by atoms with Crippen molar-refractivity contribution in [3.63, 3.8) is 0 Å². The smallest absolute Gasteiger partial charge is 0.322 e. The van der Waals surface area contributed by atoms with Crippen molar-refractivity contribution in [2.75, 3.05) is 5.32 Å². The van der Waals surface area contributed by atoms with E-state index in [1.165, 1.54) is 0 Å². The lowest BCUT2D eigenvalue weighted by atomic mass is 9.99. The molecule has 2 aromatic carbocycles. The molecule has 7 nitrogen and oxygen atoms in total. The Morgan fingerprint density at radius 2 is 1.76 bits per heavy atom. The molecular formula is C28H26Cl2N4O3. The van der Waals surface area contributed by atoms with Crippen molar-refractivity contribution in [2.24, 2.45) is 0 Å². The quantitative estimate of drug-likeness (QED) is 0.361. The Bertz CT molecular complexity index is 1330. The van der Waals surface area contributed by atoms with Crippen molar-refractivity contribution in [2.45, 2.75) is 69.2 Å². The number of aromatic nitrogens is 1. The van der Waals surface area contributed by atoms with E-state index in [9.17, 15) is 4.79 Å². The molecule has 2 atom stereocenters. The van der Waals surface area contributed by atoms with Gasteiger partial charge < -0.3 is 19.5 Å². The molecule has 2 bridgehead atoms. The van der Waals surface area contributed by atoms with E-state index in [0.29, 0.717) is 45.1 Å². The summed E-state index contributed by atoms with van der Waals surface area (Å²) in [5, 5.41) is 17.4. The highest BCUT2D eigenvalue weighted by molar-refractivity contribution is 6.39. The predicted octanol–water partition coefficient (Wildman–Crippen LogP) is 7.14. The number of benzene rings is 2. The van der Waals surface area contributed by atoms with Crippen LogP contribution in [0.5, 0.6) is 0 Å². The average molecular weight is 537 g/mol. The van der Waals surface area contributed by atoms with Crippen LogP contribution in [0.2, 0.25) is 10.0 Å². The molecule has 0 radical (unpaired) electrons. The van der Waals surface area contributed by atoms with Crippen LogP contribution < -0.4 is 5.32 Å². The summed E-state index contributed by atoms with van der Waals surface area (Å²) in [7, 11) is 0. The number of carbonyl (C=O) groups excluding carboxylic acids is 1. The SMILES string of the molecule is N#Cc1ccc(NC(=O)N2C3CCC2CC(OCc2c(-c4c(Cl)cccc4Cl)noc2C2CC2)C3)cc1. The fourth-order valence-corrected chi connectivity index (χ4v) is 6.24. The number of hydrogen-bond acceptors (Lipinski definition) is 5. The Morgan fingerprint density at radius 1 is 1.08 bits per heavy atom. The lowest BCUT2D eigenvalue weighted by Crippen LogP contribution is -2.50. The first-order chi connectivity index (χ1) is 18.0. The van der Waals surface area contributed by atoms with E-state index in [0.717, 1.165) is 49.8 Å². The summed E-state index contributed by atoms with van der Waals surface area (Å²) in [6.07, 6.45) is 5.68. The molecule has 2 unspecified atom stereocenters. The van der Waals surface area contributed by atoms with Gasteiger partial charge >= 0.3 is 6.03 Å². The van der Waals surface area contributed by atoms with E-state index in [2.05, 4.69) is 16.5 Å². The Morgan fingerprint density at radius 3 is 2.38 bits per heavy atom. The molecule has 1 aliphatic carbocycles. The van der Waals surface area contributed by atoms with Crippen molar-refractivity contribution >= 4 is 34.9 Å². The molecule has 9 heteroatoms. The molecule has 6 rings (SSSR count). The first kappa shape index (κ1) is 24.3. The van der Waals surface area contributed by atoms with Gasteiger partial charge in [0.05, 0.1) is 34.4 Å². The number of halogens is 2.